The lowest BCUT2D eigenvalue weighted by molar-refractivity contribution is 0.270. The Labute approximate surface area is 148 Å². The zero-order valence-electron chi connectivity index (χ0n) is 14.5. The molecule has 2 aliphatic heterocycles. The van der Waals surface area contributed by atoms with Crippen molar-refractivity contribution in [3.63, 3.8) is 0 Å². The van der Waals surface area contributed by atoms with Crippen molar-refractivity contribution < 1.29 is 0 Å². The summed E-state index contributed by atoms with van der Waals surface area (Å²) in [6, 6.07) is 5.94. The number of benzene rings is 1. The van der Waals surface area contributed by atoms with Crippen molar-refractivity contribution in [1.29, 1.82) is 0 Å². The van der Waals surface area contributed by atoms with E-state index in [1.165, 1.54) is 0 Å². The normalized spacial score (nSPS) is 20.8. The van der Waals surface area contributed by atoms with Crippen LogP contribution in [0.2, 0.25) is 5.02 Å². The molecule has 1 aromatic carbocycles. The van der Waals surface area contributed by atoms with Gasteiger partial charge in [0.25, 0.3) is 0 Å². The molecule has 1 N–H and O–H groups in total. The van der Waals surface area contributed by atoms with E-state index < -0.39 is 0 Å². The lowest BCUT2D eigenvalue weighted by Crippen LogP contribution is -2.52. The number of nitrogens with zero attached hydrogens (tertiary/aromatic N) is 4. The minimum Gasteiger partial charge on any atom is -0.338 e. The Bertz CT molecular complexity index is 685. The minimum absolute atomic E-state index is 0.0274. The summed E-state index contributed by atoms with van der Waals surface area (Å²) in [5.41, 5.74) is 3.06. The van der Waals surface area contributed by atoms with Crippen LogP contribution in [0, 0.1) is 0 Å². The second-order valence-electron chi connectivity index (χ2n) is 6.21. The molecule has 1 aromatic rings. The van der Waals surface area contributed by atoms with Crippen LogP contribution in [0.5, 0.6) is 0 Å². The Morgan fingerprint density at radius 3 is 2.75 bits per heavy atom. The maximum Gasteiger partial charge on any atom is 0.223 e. The SMILES string of the molecule is C/C=C/C1c2ccc(Cl)cc2N=C(N2CCNCC2)N1N=C(C)C. The molecule has 0 amide bonds. The van der Waals surface area contributed by atoms with Crippen molar-refractivity contribution >= 4 is 29.0 Å². The Morgan fingerprint density at radius 2 is 2.08 bits per heavy atom. The van der Waals surface area contributed by atoms with Crippen LogP contribution in [0.1, 0.15) is 32.4 Å². The highest BCUT2D eigenvalue weighted by atomic mass is 35.5. The lowest BCUT2D eigenvalue weighted by atomic mass is 10.0. The predicted octanol–water partition coefficient (Wildman–Crippen LogP) is 3.56. The average molecular weight is 346 g/mol. The Kier molecular flexibility index (Phi) is 5.21. The molecule has 0 saturated carbocycles. The van der Waals surface area contributed by atoms with E-state index in [1.807, 2.05) is 44.0 Å². The van der Waals surface area contributed by atoms with Gasteiger partial charge >= 0.3 is 0 Å². The molecular formula is C18H24ClN5. The minimum atomic E-state index is 0.0274. The van der Waals surface area contributed by atoms with E-state index >= 15 is 0 Å². The molecule has 1 fully saturated rings. The van der Waals surface area contributed by atoms with E-state index in [1.54, 1.807) is 0 Å². The highest BCUT2D eigenvalue weighted by Crippen LogP contribution is 2.38. The molecule has 5 nitrogen and oxygen atoms in total. The van der Waals surface area contributed by atoms with Gasteiger partial charge in [-0.05, 0) is 32.9 Å². The molecule has 3 rings (SSSR count). The number of hydrogen-bond acceptors (Lipinski definition) is 5. The molecule has 1 atom stereocenters. The highest BCUT2D eigenvalue weighted by molar-refractivity contribution is 6.30. The Hall–Kier alpha value is -1.85. The summed E-state index contributed by atoms with van der Waals surface area (Å²) in [7, 11) is 0. The number of rotatable bonds is 2. The molecule has 1 saturated heterocycles. The maximum atomic E-state index is 6.20. The van der Waals surface area contributed by atoms with Crippen molar-refractivity contribution in [1.82, 2.24) is 15.2 Å². The summed E-state index contributed by atoms with van der Waals surface area (Å²) in [6.45, 7) is 9.82. The molecule has 2 aliphatic rings. The predicted molar refractivity (Wildman–Crippen MR) is 101 cm³/mol. The molecule has 0 aliphatic carbocycles. The summed E-state index contributed by atoms with van der Waals surface area (Å²) in [6.07, 6.45) is 4.23. The van der Waals surface area contributed by atoms with E-state index in [9.17, 15) is 0 Å². The molecule has 2 heterocycles. The third-order valence-corrected chi connectivity index (χ3v) is 4.32. The molecule has 24 heavy (non-hydrogen) atoms. The van der Waals surface area contributed by atoms with Crippen LogP contribution in [0.3, 0.4) is 0 Å². The topological polar surface area (TPSA) is 43.2 Å². The molecule has 1 unspecified atom stereocenters. The van der Waals surface area contributed by atoms with Crippen LogP contribution in [0.25, 0.3) is 0 Å². The van der Waals surface area contributed by atoms with E-state index in [0.717, 1.165) is 49.1 Å². The van der Waals surface area contributed by atoms with Crippen LogP contribution < -0.4 is 5.32 Å². The Morgan fingerprint density at radius 1 is 1.33 bits per heavy atom. The van der Waals surface area contributed by atoms with Gasteiger partial charge in [-0.2, -0.15) is 5.10 Å². The van der Waals surface area contributed by atoms with Crippen molar-refractivity contribution in [3.8, 4) is 0 Å². The van der Waals surface area contributed by atoms with Crippen molar-refractivity contribution in [3.05, 3.63) is 40.9 Å². The number of halogens is 1. The zero-order chi connectivity index (χ0) is 17.1. The van der Waals surface area contributed by atoms with E-state index in [-0.39, 0.29) is 6.04 Å². The largest absolute Gasteiger partial charge is 0.338 e. The number of allylic oxidation sites excluding steroid dienone is 1. The van der Waals surface area contributed by atoms with Gasteiger partial charge in [0.2, 0.25) is 5.96 Å². The summed E-state index contributed by atoms with van der Waals surface area (Å²) < 4.78 is 0. The zero-order valence-corrected chi connectivity index (χ0v) is 15.2. The van der Waals surface area contributed by atoms with Gasteiger partial charge in [0.15, 0.2) is 0 Å². The number of hydrazone groups is 1. The van der Waals surface area contributed by atoms with Gasteiger partial charge in [0, 0.05) is 42.5 Å². The van der Waals surface area contributed by atoms with Crippen LogP contribution in [0.4, 0.5) is 5.69 Å². The molecule has 0 radical (unpaired) electrons. The fourth-order valence-electron chi connectivity index (χ4n) is 3.05. The fourth-order valence-corrected chi connectivity index (χ4v) is 3.22. The summed E-state index contributed by atoms with van der Waals surface area (Å²) >= 11 is 6.20. The monoisotopic (exact) mass is 345 g/mol. The second kappa shape index (κ2) is 7.36. The maximum absolute atomic E-state index is 6.20. The number of hydrogen-bond donors (Lipinski definition) is 1. The first-order valence-electron chi connectivity index (χ1n) is 8.38. The average Bonchev–Trinajstić information content (AvgIpc) is 2.57. The smallest absolute Gasteiger partial charge is 0.223 e. The first-order chi connectivity index (χ1) is 11.6. The van der Waals surface area contributed by atoms with E-state index in [2.05, 4.69) is 22.4 Å². The summed E-state index contributed by atoms with van der Waals surface area (Å²) in [5.74, 6) is 0.899. The number of nitrogens with one attached hydrogen (secondary N) is 1. The molecule has 0 bridgehead atoms. The van der Waals surface area contributed by atoms with Crippen LogP contribution in [0.15, 0.2) is 40.4 Å². The lowest BCUT2D eigenvalue weighted by Gasteiger charge is -2.40. The van der Waals surface area contributed by atoms with Gasteiger partial charge in [-0.3, -0.25) is 0 Å². The van der Waals surface area contributed by atoms with Gasteiger partial charge in [-0.25, -0.2) is 10.0 Å². The highest BCUT2D eigenvalue weighted by Gasteiger charge is 2.32. The fraction of sp³-hybridized carbons (Fsp3) is 0.444. The van der Waals surface area contributed by atoms with Crippen molar-refractivity contribution in [2.75, 3.05) is 26.2 Å². The van der Waals surface area contributed by atoms with Gasteiger partial charge in [0.1, 0.15) is 6.04 Å². The van der Waals surface area contributed by atoms with Gasteiger partial charge < -0.3 is 10.2 Å². The third-order valence-electron chi connectivity index (χ3n) is 4.08. The molecular weight excluding hydrogens is 322 g/mol. The number of piperazine rings is 1. The van der Waals surface area contributed by atoms with Crippen LogP contribution >= 0.6 is 11.6 Å². The molecule has 0 spiro atoms. The van der Waals surface area contributed by atoms with Crippen molar-refractivity contribution in [2.24, 2.45) is 10.1 Å². The number of fused-ring (bicyclic) bond motifs is 1. The van der Waals surface area contributed by atoms with E-state index in [0.29, 0.717) is 5.02 Å². The molecule has 128 valence electrons. The third kappa shape index (κ3) is 3.47. The van der Waals surface area contributed by atoms with Crippen LogP contribution in [-0.4, -0.2) is 47.8 Å². The standard InChI is InChI=1S/C18H24ClN5/c1-4-5-17-15-7-6-14(19)12-16(15)21-18(24(17)22-13(2)3)23-10-8-20-9-11-23/h4-7,12,17,20H,8-11H2,1-3H3/b5-4+. The first kappa shape index (κ1) is 17.0. The summed E-state index contributed by atoms with van der Waals surface area (Å²) in [5, 5.41) is 10.9. The first-order valence-corrected chi connectivity index (χ1v) is 8.75. The van der Waals surface area contributed by atoms with Crippen molar-refractivity contribution in [2.45, 2.75) is 26.8 Å². The molecule has 0 aromatic heterocycles. The Balaban J connectivity index is 2.12. The van der Waals surface area contributed by atoms with Gasteiger partial charge in [-0.1, -0.05) is 29.8 Å². The molecule has 6 heteroatoms. The summed E-state index contributed by atoms with van der Waals surface area (Å²) in [4.78, 5) is 7.21. The number of aliphatic imine (C=N–C) groups is 1. The van der Waals surface area contributed by atoms with Gasteiger partial charge in [-0.15, -0.1) is 0 Å². The van der Waals surface area contributed by atoms with Crippen LogP contribution in [-0.2, 0) is 0 Å². The quantitative estimate of drug-likeness (QED) is 0.658. The second-order valence-corrected chi connectivity index (χ2v) is 6.65. The van der Waals surface area contributed by atoms with E-state index in [4.69, 9.17) is 21.7 Å². The van der Waals surface area contributed by atoms with Gasteiger partial charge in [0.05, 0.1) is 5.69 Å². The number of guanidine groups is 1.